The molecule has 0 saturated heterocycles. The van der Waals surface area contributed by atoms with Crippen LogP contribution in [0.1, 0.15) is 71.8 Å². The molecule has 0 fully saturated rings. The molecule has 0 saturated carbocycles. The van der Waals surface area contributed by atoms with E-state index >= 15 is 0 Å². The largest absolute Gasteiger partial charge is 0.494 e. The predicted molar refractivity (Wildman–Crippen MR) is 107 cm³/mol. The number of aliphatic hydroxyl groups excluding tert-OH is 1. The summed E-state index contributed by atoms with van der Waals surface area (Å²) in [4.78, 5) is 0. The summed E-state index contributed by atoms with van der Waals surface area (Å²) in [5.41, 5.74) is 7.02. The molecule has 3 N–H and O–H groups in total. The fraction of sp³-hybridized carbons (Fsp3) is 0.727. The van der Waals surface area contributed by atoms with E-state index in [1.165, 1.54) is 31.2 Å². The third-order valence-corrected chi connectivity index (χ3v) is 5.43. The average molecular weight is 350 g/mol. The number of benzene rings is 1. The van der Waals surface area contributed by atoms with E-state index in [4.69, 9.17) is 10.5 Å². The normalized spacial score (nSPS) is 15.2. The minimum absolute atomic E-state index is 0.0301. The average Bonchev–Trinajstić information content (AvgIpc) is 2.60. The monoisotopic (exact) mass is 349 g/mol. The molecule has 1 aromatic rings. The van der Waals surface area contributed by atoms with Crippen LogP contribution in [0.15, 0.2) is 24.3 Å². The molecule has 0 bridgehead atoms. The number of rotatable bonds is 13. The fourth-order valence-corrected chi connectivity index (χ4v) is 2.94. The van der Waals surface area contributed by atoms with Gasteiger partial charge in [0, 0.05) is 5.54 Å². The van der Waals surface area contributed by atoms with Crippen molar-refractivity contribution in [3.63, 3.8) is 0 Å². The molecule has 3 heteroatoms. The van der Waals surface area contributed by atoms with Crippen molar-refractivity contribution in [1.29, 1.82) is 0 Å². The lowest BCUT2D eigenvalue weighted by Crippen LogP contribution is -2.48. The maximum atomic E-state index is 9.54. The molecule has 3 nitrogen and oxygen atoms in total. The first-order valence-electron chi connectivity index (χ1n) is 10.0. The molecule has 0 radical (unpaired) electrons. The number of unbranched alkanes of at least 4 members (excludes halogenated alkanes) is 2. The number of nitrogens with two attached hydrogens (primary N) is 1. The molecule has 1 rings (SSSR count). The second-order valence-electron chi connectivity index (χ2n) is 7.93. The van der Waals surface area contributed by atoms with Crippen molar-refractivity contribution in [2.45, 2.75) is 78.2 Å². The molecule has 0 aliphatic rings. The summed E-state index contributed by atoms with van der Waals surface area (Å²) < 4.78 is 5.88. The fourth-order valence-electron chi connectivity index (χ4n) is 2.94. The Bertz CT molecular complexity index is 458. The van der Waals surface area contributed by atoms with Crippen LogP contribution in [0, 0.1) is 11.8 Å². The summed E-state index contributed by atoms with van der Waals surface area (Å²) >= 11 is 0. The van der Waals surface area contributed by atoms with Crippen LogP contribution in [0.4, 0.5) is 0 Å². The number of aliphatic hydroxyl groups is 1. The summed E-state index contributed by atoms with van der Waals surface area (Å²) in [6, 6.07) is 8.31. The van der Waals surface area contributed by atoms with Gasteiger partial charge in [0.1, 0.15) is 5.75 Å². The smallest absolute Gasteiger partial charge is 0.119 e. The van der Waals surface area contributed by atoms with Crippen LogP contribution in [-0.2, 0) is 6.42 Å². The van der Waals surface area contributed by atoms with E-state index in [-0.39, 0.29) is 12.5 Å². The standard InChI is InChI=1S/C22H39NO2/c1-5-6-7-8-19(4)14-16-25-21-11-9-20(10-12-21)13-15-22(23,17-24)18(2)3/h9-12,18-19,24H,5-8,13-17,23H2,1-4H3. The van der Waals surface area contributed by atoms with Crippen molar-refractivity contribution in [3.05, 3.63) is 29.8 Å². The third-order valence-electron chi connectivity index (χ3n) is 5.43. The van der Waals surface area contributed by atoms with Gasteiger partial charge in [-0.1, -0.05) is 65.5 Å². The van der Waals surface area contributed by atoms with Gasteiger partial charge in [0.15, 0.2) is 0 Å². The maximum absolute atomic E-state index is 9.54. The first kappa shape index (κ1) is 22.0. The van der Waals surface area contributed by atoms with Gasteiger partial charge in [-0.25, -0.2) is 0 Å². The Labute approximate surface area is 155 Å². The summed E-state index contributed by atoms with van der Waals surface area (Å²) in [6.45, 7) is 9.51. The van der Waals surface area contributed by atoms with Crippen LogP contribution >= 0.6 is 0 Å². The van der Waals surface area contributed by atoms with Crippen molar-refractivity contribution >= 4 is 0 Å². The van der Waals surface area contributed by atoms with Crippen molar-refractivity contribution in [2.24, 2.45) is 17.6 Å². The molecule has 0 spiro atoms. The van der Waals surface area contributed by atoms with Crippen LogP contribution in [0.3, 0.4) is 0 Å². The van der Waals surface area contributed by atoms with Crippen LogP contribution < -0.4 is 10.5 Å². The molecule has 144 valence electrons. The van der Waals surface area contributed by atoms with E-state index in [9.17, 15) is 5.11 Å². The Morgan fingerprint density at radius 1 is 1.08 bits per heavy atom. The highest BCUT2D eigenvalue weighted by Gasteiger charge is 2.27. The van der Waals surface area contributed by atoms with Gasteiger partial charge in [0.2, 0.25) is 0 Å². The Morgan fingerprint density at radius 2 is 1.76 bits per heavy atom. The molecule has 2 unspecified atom stereocenters. The van der Waals surface area contributed by atoms with Gasteiger partial charge in [-0.15, -0.1) is 0 Å². The zero-order chi connectivity index (χ0) is 18.7. The molecule has 0 aliphatic carbocycles. The van der Waals surface area contributed by atoms with Gasteiger partial charge < -0.3 is 15.6 Å². The van der Waals surface area contributed by atoms with Crippen LogP contribution in [0.25, 0.3) is 0 Å². The van der Waals surface area contributed by atoms with Gasteiger partial charge in [0.05, 0.1) is 13.2 Å². The van der Waals surface area contributed by atoms with E-state index in [1.807, 2.05) is 12.1 Å². The Balaban J connectivity index is 2.34. The van der Waals surface area contributed by atoms with E-state index in [0.717, 1.165) is 37.5 Å². The minimum Gasteiger partial charge on any atom is -0.494 e. The van der Waals surface area contributed by atoms with E-state index in [1.54, 1.807) is 0 Å². The SMILES string of the molecule is CCCCCC(C)CCOc1ccc(CCC(N)(CO)C(C)C)cc1. The van der Waals surface area contributed by atoms with Gasteiger partial charge in [-0.2, -0.15) is 0 Å². The quantitative estimate of drug-likeness (QED) is 0.495. The van der Waals surface area contributed by atoms with Crippen molar-refractivity contribution in [3.8, 4) is 5.75 Å². The molecule has 25 heavy (non-hydrogen) atoms. The second kappa shape index (κ2) is 11.5. The number of hydrogen-bond donors (Lipinski definition) is 2. The maximum Gasteiger partial charge on any atom is 0.119 e. The van der Waals surface area contributed by atoms with E-state index in [0.29, 0.717) is 0 Å². The summed E-state index contributed by atoms with van der Waals surface area (Å²) in [5.74, 6) is 1.94. The van der Waals surface area contributed by atoms with Gasteiger partial charge in [-0.05, 0) is 48.8 Å². The Morgan fingerprint density at radius 3 is 2.32 bits per heavy atom. The molecular formula is C22H39NO2. The highest BCUT2D eigenvalue weighted by molar-refractivity contribution is 5.27. The minimum atomic E-state index is -0.497. The number of ether oxygens (including phenoxy) is 1. The summed E-state index contributed by atoms with van der Waals surface area (Å²) in [5, 5.41) is 9.54. The molecule has 1 aromatic carbocycles. The predicted octanol–water partition coefficient (Wildman–Crippen LogP) is 4.95. The molecule has 0 heterocycles. The van der Waals surface area contributed by atoms with Crippen molar-refractivity contribution in [2.75, 3.05) is 13.2 Å². The lowest BCUT2D eigenvalue weighted by molar-refractivity contribution is 0.146. The van der Waals surface area contributed by atoms with Crippen LogP contribution in [-0.4, -0.2) is 23.9 Å². The van der Waals surface area contributed by atoms with Gasteiger partial charge in [-0.3, -0.25) is 0 Å². The lowest BCUT2D eigenvalue weighted by Gasteiger charge is -2.31. The highest BCUT2D eigenvalue weighted by atomic mass is 16.5. The van der Waals surface area contributed by atoms with Crippen LogP contribution in [0.2, 0.25) is 0 Å². The van der Waals surface area contributed by atoms with Crippen LogP contribution in [0.5, 0.6) is 5.75 Å². The van der Waals surface area contributed by atoms with Gasteiger partial charge >= 0.3 is 0 Å². The van der Waals surface area contributed by atoms with Crippen molar-refractivity contribution < 1.29 is 9.84 Å². The third kappa shape index (κ3) is 8.24. The zero-order valence-electron chi connectivity index (χ0n) is 16.8. The first-order valence-corrected chi connectivity index (χ1v) is 10.0. The molecule has 2 atom stereocenters. The summed E-state index contributed by atoms with van der Waals surface area (Å²) in [6.07, 6.45) is 8.05. The zero-order valence-corrected chi connectivity index (χ0v) is 16.8. The molecular weight excluding hydrogens is 310 g/mol. The van der Waals surface area contributed by atoms with Crippen molar-refractivity contribution in [1.82, 2.24) is 0 Å². The Kier molecular flexibility index (Phi) is 10.1. The topological polar surface area (TPSA) is 55.5 Å². The van der Waals surface area contributed by atoms with E-state index in [2.05, 4.69) is 39.8 Å². The van der Waals surface area contributed by atoms with E-state index < -0.39 is 5.54 Å². The van der Waals surface area contributed by atoms with Gasteiger partial charge in [0.25, 0.3) is 0 Å². The first-order chi connectivity index (χ1) is 11.9. The molecule has 0 aromatic heterocycles. The molecule has 0 amide bonds. The lowest BCUT2D eigenvalue weighted by atomic mass is 9.83. The number of hydrogen-bond acceptors (Lipinski definition) is 3. The highest BCUT2D eigenvalue weighted by Crippen LogP contribution is 2.22. The second-order valence-corrected chi connectivity index (χ2v) is 7.93. The Hall–Kier alpha value is -1.06. The summed E-state index contributed by atoms with van der Waals surface area (Å²) in [7, 11) is 0. The molecule has 0 aliphatic heterocycles. The number of aryl methyl sites for hydroxylation is 1.